The van der Waals surface area contributed by atoms with Crippen molar-refractivity contribution in [2.24, 2.45) is 0 Å². The third-order valence-corrected chi connectivity index (χ3v) is 8.44. The van der Waals surface area contributed by atoms with E-state index in [0.717, 1.165) is 18.2 Å². The largest absolute Gasteiger partial charge is 0.340 e. The molecule has 168 valence electrons. The van der Waals surface area contributed by atoms with E-state index in [1.165, 1.54) is 98.8 Å². The predicted octanol–water partition coefficient (Wildman–Crippen LogP) is 5.89. The summed E-state index contributed by atoms with van der Waals surface area (Å²) < 4.78 is 0. The molecular formula is C27H34N4S. The summed E-state index contributed by atoms with van der Waals surface area (Å²) in [5, 5.41) is 9.31. The molecule has 3 aliphatic heterocycles. The van der Waals surface area contributed by atoms with Gasteiger partial charge in [-0.3, -0.25) is 0 Å². The van der Waals surface area contributed by atoms with Crippen LogP contribution in [0, 0.1) is 11.3 Å². The van der Waals surface area contributed by atoms with Gasteiger partial charge >= 0.3 is 0 Å². The van der Waals surface area contributed by atoms with E-state index >= 15 is 0 Å². The van der Waals surface area contributed by atoms with Crippen LogP contribution in [0.15, 0.2) is 52.3 Å². The van der Waals surface area contributed by atoms with Gasteiger partial charge in [0.05, 0.1) is 23.0 Å². The molecule has 4 nitrogen and oxygen atoms in total. The van der Waals surface area contributed by atoms with E-state index in [0.29, 0.717) is 0 Å². The molecule has 0 aromatic heterocycles. The number of hydrogen-bond acceptors (Lipinski definition) is 5. The van der Waals surface area contributed by atoms with Crippen molar-refractivity contribution in [3.63, 3.8) is 0 Å². The van der Waals surface area contributed by atoms with Crippen molar-refractivity contribution in [1.82, 2.24) is 9.80 Å². The molecule has 0 aliphatic carbocycles. The monoisotopic (exact) mass is 446 g/mol. The van der Waals surface area contributed by atoms with Crippen LogP contribution in [0.3, 0.4) is 0 Å². The number of rotatable bonds is 6. The molecule has 0 unspecified atom stereocenters. The maximum atomic E-state index is 9.31. The van der Waals surface area contributed by atoms with Crippen LogP contribution in [0.25, 0.3) is 0 Å². The molecule has 2 aromatic rings. The van der Waals surface area contributed by atoms with E-state index in [2.05, 4.69) is 51.1 Å². The summed E-state index contributed by atoms with van der Waals surface area (Å²) in [6, 6.07) is 17.9. The summed E-state index contributed by atoms with van der Waals surface area (Å²) in [4.78, 5) is 10.4. The summed E-state index contributed by atoms with van der Waals surface area (Å²) in [6.45, 7) is 7.45. The van der Waals surface area contributed by atoms with Gasteiger partial charge in [0.1, 0.15) is 0 Å². The number of nitriles is 1. The lowest BCUT2D eigenvalue weighted by Crippen LogP contribution is -2.46. The second-order valence-electron chi connectivity index (χ2n) is 9.39. The van der Waals surface area contributed by atoms with Crippen LogP contribution in [-0.4, -0.2) is 55.1 Å². The quantitative estimate of drug-likeness (QED) is 0.517. The van der Waals surface area contributed by atoms with E-state index in [4.69, 9.17) is 0 Å². The smallest absolute Gasteiger partial charge is 0.0992 e. The van der Waals surface area contributed by atoms with Crippen LogP contribution in [0.5, 0.6) is 0 Å². The zero-order chi connectivity index (χ0) is 21.8. The number of hydrogen-bond donors (Lipinski definition) is 0. The van der Waals surface area contributed by atoms with Crippen molar-refractivity contribution < 1.29 is 0 Å². The van der Waals surface area contributed by atoms with Crippen LogP contribution in [-0.2, 0) is 0 Å². The van der Waals surface area contributed by atoms with Crippen molar-refractivity contribution in [1.29, 1.82) is 5.26 Å². The average molecular weight is 447 g/mol. The van der Waals surface area contributed by atoms with Crippen molar-refractivity contribution in [3.8, 4) is 6.07 Å². The average Bonchev–Trinajstić information content (AvgIpc) is 2.86. The highest BCUT2D eigenvalue weighted by atomic mass is 32.2. The number of para-hydroxylation sites is 1. The number of benzene rings is 2. The lowest BCUT2D eigenvalue weighted by molar-refractivity contribution is 0.0920. The third kappa shape index (κ3) is 4.83. The van der Waals surface area contributed by atoms with Crippen LogP contribution < -0.4 is 4.90 Å². The van der Waals surface area contributed by atoms with Gasteiger partial charge in [0.15, 0.2) is 0 Å². The van der Waals surface area contributed by atoms with Gasteiger partial charge in [-0.05, 0) is 102 Å². The molecule has 2 saturated heterocycles. The number of fused-ring (bicyclic) bond motifs is 2. The third-order valence-electron chi connectivity index (χ3n) is 7.33. The molecule has 0 atom stereocenters. The maximum Gasteiger partial charge on any atom is 0.0992 e. The van der Waals surface area contributed by atoms with Gasteiger partial charge in [0, 0.05) is 22.4 Å². The predicted molar refractivity (Wildman–Crippen MR) is 133 cm³/mol. The fraction of sp³-hybridized carbons (Fsp3) is 0.519. The van der Waals surface area contributed by atoms with Gasteiger partial charge in [0.25, 0.3) is 0 Å². The lowest BCUT2D eigenvalue weighted by atomic mass is 10.00. The Hall–Kier alpha value is -2.00. The van der Waals surface area contributed by atoms with Crippen molar-refractivity contribution >= 4 is 23.1 Å². The number of likely N-dealkylation sites (tertiary alicyclic amines) is 2. The minimum absolute atomic E-state index is 0.739. The van der Waals surface area contributed by atoms with Gasteiger partial charge in [-0.25, -0.2) is 0 Å². The van der Waals surface area contributed by atoms with Gasteiger partial charge in [-0.1, -0.05) is 30.3 Å². The molecule has 3 heterocycles. The fourth-order valence-electron chi connectivity index (χ4n) is 5.54. The summed E-state index contributed by atoms with van der Waals surface area (Å²) >= 11 is 1.78. The van der Waals surface area contributed by atoms with E-state index in [-0.39, 0.29) is 0 Å². The summed E-state index contributed by atoms with van der Waals surface area (Å²) in [5.41, 5.74) is 3.29. The molecule has 32 heavy (non-hydrogen) atoms. The molecule has 0 amide bonds. The van der Waals surface area contributed by atoms with Crippen molar-refractivity contribution in [2.75, 3.05) is 44.2 Å². The standard InChI is InChI=1S/C27H34N4S/c28-21-22-10-11-25-27(20-22)32-26-9-3-2-8-24(26)31(25)17-7-6-14-29-18-12-23(13-19-29)30-15-4-1-5-16-30/h2-3,8-11,20,23H,1,4-7,12-19H2. The zero-order valence-electron chi connectivity index (χ0n) is 19.0. The van der Waals surface area contributed by atoms with E-state index in [1.54, 1.807) is 11.8 Å². The highest BCUT2D eigenvalue weighted by Gasteiger charge is 2.26. The topological polar surface area (TPSA) is 33.5 Å². The first-order valence-corrected chi connectivity index (χ1v) is 13.2. The van der Waals surface area contributed by atoms with E-state index in [9.17, 15) is 5.26 Å². The minimum atomic E-state index is 0.739. The Kier molecular flexibility index (Phi) is 7.02. The summed E-state index contributed by atoms with van der Waals surface area (Å²) in [6.07, 6.45) is 9.37. The molecule has 2 fully saturated rings. The number of piperidine rings is 2. The number of anilines is 2. The normalized spacial score (nSPS) is 19.9. The fourth-order valence-corrected chi connectivity index (χ4v) is 6.68. The van der Waals surface area contributed by atoms with Crippen LogP contribution >= 0.6 is 11.8 Å². The van der Waals surface area contributed by atoms with Crippen molar-refractivity contribution in [2.45, 2.75) is 60.8 Å². The second-order valence-corrected chi connectivity index (χ2v) is 10.5. The lowest BCUT2D eigenvalue weighted by Gasteiger charge is -2.40. The first-order chi connectivity index (χ1) is 15.8. The first-order valence-electron chi connectivity index (χ1n) is 12.4. The zero-order valence-corrected chi connectivity index (χ0v) is 19.8. The summed E-state index contributed by atoms with van der Waals surface area (Å²) in [5.74, 6) is 0. The number of unbranched alkanes of at least 4 members (excludes halogenated alkanes) is 1. The van der Waals surface area contributed by atoms with Crippen LogP contribution in [0.1, 0.15) is 50.5 Å². The van der Waals surface area contributed by atoms with Crippen LogP contribution in [0.2, 0.25) is 0 Å². The Morgan fingerprint density at radius 2 is 1.59 bits per heavy atom. The molecule has 0 saturated carbocycles. The van der Waals surface area contributed by atoms with E-state index < -0.39 is 0 Å². The first kappa shape index (κ1) is 21.8. The van der Waals surface area contributed by atoms with Gasteiger partial charge in [-0.15, -0.1) is 0 Å². The molecule has 2 aromatic carbocycles. The molecule has 0 N–H and O–H groups in total. The second kappa shape index (κ2) is 10.3. The highest BCUT2D eigenvalue weighted by Crippen LogP contribution is 2.48. The Morgan fingerprint density at radius 1 is 0.844 bits per heavy atom. The van der Waals surface area contributed by atoms with Crippen LogP contribution in [0.4, 0.5) is 11.4 Å². The Bertz CT molecular complexity index is 954. The molecule has 3 aliphatic rings. The maximum absolute atomic E-state index is 9.31. The van der Waals surface area contributed by atoms with Crippen molar-refractivity contribution in [3.05, 3.63) is 48.0 Å². The molecule has 0 spiro atoms. The van der Waals surface area contributed by atoms with Gasteiger partial charge in [-0.2, -0.15) is 5.26 Å². The number of nitrogens with zero attached hydrogens (tertiary/aromatic N) is 4. The Balaban J connectivity index is 1.14. The molecule has 0 bridgehead atoms. The minimum Gasteiger partial charge on any atom is -0.340 e. The molecular weight excluding hydrogens is 412 g/mol. The Morgan fingerprint density at radius 3 is 2.41 bits per heavy atom. The summed E-state index contributed by atoms with van der Waals surface area (Å²) in [7, 11) is 0. The SMILES string of the molecule is N#Cc1ccc2c(c1)Sc1ccccc1N2CCCCN1CCC(N2CCCCC2)CC1. The Labute approximate surface area is 197 Å². The highest BCUT2D eigenvalue weighted by molar-refractivity contribution is 7.99. The molecule has 5 heteroatoms. The van der Waals surface area contributed by atoms with Gasteiger partial charge < -0.3 is 14.7 Å². The molecule has 5 rings (SSSR count). The van der Waals surface area contributed by atoms with E-state index in [1.807, 2.05) is 12.1 Å². The molecule has 0 radical (unpaired) electrons. The van der Waals surface area contributed by atoms with Gasteiger partial charge in [0.2, 0.25) is 0 Å².